The van der Waals surface area contributed by atoms with Gasteiger partial charge in [0.2, 0.25) is 0 Å². The van der Waals surface area contributed by atoms with Crippen LogP contribution in [-0.2, 0) is 0 Å². The minimum atomic E-state index is 0.476. The van der Waals surface area contributed by atoms with E-state index in [4.69, 9.17) is 21.1 Å². The fourth-order valence-corrected chi connectivity index (χ4v) is 2.72. The van der Waals surface area contributed by atoms with Crippen LogP contribution in [-0.4, -0.2) is 27.3 Å². The predicted molar refractivity (Wildman–Crippen MR) is 69.4 cm³/mol. The number of piperidine rings is 1. The fraction of sp³-hybridized carbons (Fsp3) is 0.538. The highest BCUT2D eigenvalue weighted by Gasteiger charge is 2.22. The summed E-state index contributed by atoms with van der Waals surface area (Å²) in [5.41, 5.74) is 1.12. The standard InChI is InChI=1S/C13H18ClNO2/c1-16-10-7-11(14)13(12(8-10)17-2)9-3-5-15-6-4-9/h7-9,15H,3-6H2,1-2H3. The Labute approximate surface area is 107 Å². The van der Waals surface area contributed by atoms with Crippen LogP contribution in [0.3, 0.4) is 0 Å². The second-order valence-corrected chi connectivity index (χ2v) is 4.66. The molecule has 0 atom stereocenters. The molecule has 1 aromatic carbocycles. The van der Waals surface area contributed by atoms with E-state index in [2.05, 4.69) is 5.32 Å². The maximum Gasteiger partial charge on any atom is 0.127 e. The van der Waals surface area contributed by atoms with E-state index >= 15 is 0 Å². The van der Waals surface area contributed by atoms with Gasteiger partial charge in [-0.25, -0.2) is 0 Å². The minimum absolute atomic E-state index is 0.476. The highest BCUT2D eigenvalue weighted by Crippen LogP contribution is 2.40. The van der Waals surface area contributed by atoms with Crippen LogP contribution in [0.4, 0.5) is 0 Å². The summed E-state index contributed by atoms with van der Waals surface area (Å²) < 4.78 is 10.6. The van der Waals surface area contributed by atoms with E-state index in [0.29, 0.717) is 5.92 Å². The van der Waals surface area contributed by atoms with Gasteiger partial charge in [-0.3, -0.25) is 0 Å². The third-order valence-corrected chi connectivity index (χ3v) is 3.58. The van der Waals surface area contributed by atoms with Crippen molar-refractivity contribution in [2.24, 2.45) is 0 Å². The van der Waals surface area contributed by atoms with Crippen molar-refractivity contribution < 1.29 is 9.47 Å². The summed E-state index contributed by atoms with van der Waals surface area (Å²) in [4.78, 5) is 0. The highest BCUT2D eigenvalue weighted by atomic mass is 35.5. The molecule has 1 aliphatic heterocycles. The molecule has 1 fully saturated rings. The van der Waals surface area contributed by atoms with Crippen molar-refractivity contribution in [3.05, 3.63) is 22.7 Å². The van der Waals surface area contributed by atoms with Gasteiger partial charge in [0.15, 0.2) is 0 Å². The molecule has 0 unspecified atom stereocenters. The molecule has 0 aromatic heterocycles. The second-order valence-electron chi connectivity index (χ2n) is 4.25. The van der Waals surface area contributed by atoms with Crippen molar-refractivity contribution in [2.75, 3.05) is 27.3 Å². The van der Waals surface area contributed by atoms with Gasteiger partial charge in [-0.15, -0.1) is 0 Å². The average molecular weight is 256 g/mol. The number of ether oxygens (including phenoxy) is 2. The van der Waals surface area contributed by atoms with Crippen LogP contribution in [0.15, 0.2) is 12.1 Å². The van der Waals surface area contributed by atoms with Gasteiger partial charge in [0.05, 0.1) is 19.2 Å². The lowest BCUT2D eigenvalue weighted by Crippen LogP contribution is -2.27. The third kappa shape index (κ3) is 2.67. The first kappa shape index (κ1) is 12.5. The van der Waals surface area contributed by atoms with E-state index < -0.39 is 0 Å². The molecular weight excluding hydrogens is 238 g/mol. The lowest BCUT2D eigenvalue weighted by Gasteiger charge is -2.25. The SMILES string of the molecule is COc1cc(Cl)c(C2CCNCC2)c(OC)c1. The summed E-state index contributed by atoms with van der Waals surface area (Å²) in [6.07, 6.45) is 2.20. The van der Waals surface area contributed by atoms with Crippen LogP contribution in [0.1, 0.15) is 24.3 Å². The van der Waals surface area contributed by atoms with E-state index in [1.807, 2.05) is 12.1 Å². The third-order valence-electron chi connectivity index (χ3n) is 3.27. The van der Waals surface area contributed by atoms with Gasteiger partial charge >= 0.3 is 0 Å². The Kier molecular flexibility index (Phi) is 4.13. The Bertz CT molecular complexity index is 389. The Balaban J connectivity index is 2.36. The zero-order valence-corrected chi connectivity index (χ0v) is 11.0. The number of hydrogen-bond donors (Lipinski definition) is 1. The maximum atomic E-state index is 6.35. The Hall–Kier alpha value is -0.930. The highest BCUT2D eigenvalue weighted by molar-refractivity contribution is 6.31. The molecule has 1 N–H and O–H groups in total. The van der Waals surface area contributed by atoms with Gasteiger partial charge in [-0.2, -0.15) is 0 Å². The van der Waals surface area contributed by atoms with E-state index in [1.165, 1.54) is 0 Å². The van der Waals surface area contributed by atoms with Crippen molar-refractivity contribution in [2.45, 2.75) is 18.8 Å². The molecule has 0 aliphatic carbocycles. The number of rotatable bonds is 3. The lowest BCUT2D eigenvalue weighted by molar-refractivity contribution is 0.380. The van der Waals surface area contributed by atoms with Gasteiger partial charge in [-0.1, -0.05) is 11.6 Å². The molecule has 1 saturated heterocycles. The van der Waals surface area contributed by atoms with Crippen LogP contribution in [0.2, 0.25) is 5.02 Å². The molecule has 0 amide bonds. The van der Waals surface area contributed by atoms with Gasteiger partial charge in [0.25, 0.3) is 0 Å². The molecule has 4 heteroatoms. The van der Waals surface area contributed by atoms with Crippen LogP contribution < -0.4 is 14.8 Å². The summed E-state index contributed by atoms with van der Waals surface area (Å²) >= 11 is 6.35. The summed E-state index contributed by atoms with van der Waals surface area (Å²) in [6, 6.07) is 3.77. The van der Waals surface area contributed by atoms with E-state index in [0.717, 1.165) is 48.0 Å². The van der Waals surface area contributed by atoms with Crippen LogP contribution in [0.5, 0.6) is 11.5 Å². The largest absolute Gasteiger partial charge is 0.497 e. The predicted octanol–water partition coefficient (Wildman–Crippen LogP) is 2.82. The molecule has 1 aromatic rings. The van der Waals surface area contributed by atoms with Gasteiger partial charge < -0.3 is 14.8 Å². The van der Waals surface area contributed by atoms with E-state index in [9.17, 15) is 0 Å². The average Bonchev–Trinajstić information content (AvgIpc) is 2.38. The summed E-state index contributed by atoms with van der Waals surface area (Å²) in [7, 11) is 3.31. The summed E-state index contributed by atoms with van der Waals surface area (Å²) in [5.74, 6) is 2.05. The molecule has 0 spiro atoms. The van der Waals surface area contributed by atoms with Gasteiger partial charge in [0.1, 0.15) is 11.5 Å². The second kappa shape index (κ2) is 5.61. The molecule has 0 saturated carbocycles. The molecule has 3 nitrogen and oxygen atoms in total. The van der Waals surface area contributed by atoms with Crippen LogP contribution in [0, 0.1) is 0 Å². The normalized spacial score (nSPS) is 16.9. The first-order valence-corrected chi connectivity index (χ1v) is 6.26. The van der Waals surface area contributed by atoms with Crippen LogP contribution >= 0.6 is 11.6 Å². The van der Waals surface area contributed by atoms with Gasteiger partial charge in [0, 0.05) is 11.6 Å². The number of nitrogens with one attached hydrogen (secondary N) is 1. The van der Waals surface area contributed by atoms with E-state index in [-0.39, 0.29) is 0 Å². The molecule has 2 rings (SSSR count). The topological polar surface area (TPSA) is 30.5 Å². The smallest absolute Gasteiger partial charge is 0.127 e. The molecule has 1 heterocycles. The first-order chi connectivity index (χ1) is 8.26. The van der Waals surface area contributed by atoms with E-state index in [1.54, 1.807) is 14.2 Å². The van der Waals surface area contributed by atoms with Crippen molar-refractivity contribution in [1.29, 1.82) is 0 Å². The lowest BCUT2D eigenvalue weighted by atomic mass is 9.89. The Morgan fingerprint density at radius 2 is 1.88 bits per heavy atom. The monoisotopic (exact) mass is 255 g/mol. The summed E-state index contributed by atoms with van der Waals surface area (Å²) in [5, 5.41) is 4.10. The maximum absolute atomic E-state index is 6.35. The van der Waals surface area contributed by atoms with Crippen molar-refractivity contribution >= 4 is 11.6 Å². The molecule has 17 heavy (non-hydrogen) atoms. The molecule has 1 aliphatic rings. The molecule has 0 radical (unpaired) electrons. The number of hydrogen-bond acceptors (Lipinski definition) is 3. The number of methoxy groups -OCH3 is 2. The molecule has 94 valence electrons. The van der Waals surface area contributed by atoms with Crippen molar-refractivity contribution in [3.63, 3.8) is 0 Å². The number of benzene rings is 1. The minimum Gasteiger partial charge on any atom is -0.497 e. The Morgan fingerprint density at radius 1 is 1.18 bits per heavy atom. The zero-order chi connectivity index (χ0) is 12.3. The van der Waals surface area contributed by atoms with Crippen molar-refractivity contribution in [1.82, 2.24) is 5.32 Å². The van der Waals surface area contributed by atoms with Crippen LogP contribution in [0.25, 0.3) is 0 Å². The van der Waals surface area contributed by atoms with Crippen molar-refractivity contribution in [3.8, 4) is 11.5 Å². The first-order valence-electron chi connectivity index (χ1n) is 5.88. The quantitative estimate of drug-likeness (QED) is 0.901. The molecule has 0 bridgehead atoms. The van der Waals surface area contributed by atoms with Gasteiger partial charge in [-0.05, 0) is 37.9 Å². The molecular formula is C13H18ClNO2. The zero-order valence-electron chi connectivity index (χ0n) is 10.3. The summed E-state index contributed by atoms with van der Waals surface area (Å²) in [6.45, 7) is 2.08. The Morgan fingerprint density at radius 3 is 2.47 bits per heavy atom. The number of halogens is 1. The fourth-order valence-electron chi connectivity index (χ4n) is 2.36.